The molecule has 0 fully saturated rings. The molecule has 0 saturated carbocycles. The third-order valence-corrected chi connectivity index (χ3v) is 5.53. The van der Waals surface area contributed by atoms with Gasteiger partial charge in [0.05, 0.1) is 16.8 Å². The number of halogens is 11. The Labute approximate surface area is 251 Å². The van der Waals surface area contributed by atoms with Crippen LogP contribution in [0.3, 0.4) is 0 Å². The first kappa shape index (κ1) is 34.0. The summed E-state index contributed by atoms with van der Waals surface area (Å²) in [6, 6.07) is 10.0. The molecule has 0 aliphatic heterocycles. The largest absolute Gasteiger partial charge is 0.488 e. The molecule has 18 heteroatoms. The van der Waals surface area contributed by atoms with Gasteiger partial charge in [0.15, 0.2) is 0 Å². The summed E-state index contributed by atoms with van der Waals surface area (Å²) in [5.41, 5.74) is -0.462. The summed E-state index contributed by atoms with van der Waals surface area (Å²) in [6.45, 7) is 0. The van der Waals surface area contributed by atoms with E-state index < -0.39 is 30.6 Å². The van der Waals surface area contributed by atoms with Crippen molar-refractivity contribution in [2.75, 3.05) is 0 Å². The number of alkyl halides is 6. The summed E-state index contributed by atoms with van der Waals surface area (Å²) in [7, 11) is -1.56. The molecule has 212 valence electrons. The van der Waals surface area contributed by atoms with Crippen molar-refractivity contribution in [3.05, 3.63) is 97.3 Å². The highest BCUT2D eigenvalue weighted by molar-refractivity contribution is 9.10. The van der Waals surface area contributed by atoms with Crippen LogP contribution in [0.4, 0.5) is 26.3 Å². The number of aromatic nitrogens is 4. The van der Waals surface area contributed by atoms with Gasteiger partial charge in [-0.3, -0.25) is 4.98 Å². The van der Waals surface area contributed by atoms with Crippen LogP contribution in [0.5, 0.6) is 0 Å². The van der Waals surface area contributed by atoms with E-state index in [0.29, 0.717) is 15.9 Å². The van der Waals surface area contributed by atoms with Crippen LogP contribution in [-0.2, 0) is 12.4 Å². The fraction of sp³-hybridized carbons (Fsp3) is 0.0909. The van der Waals surface area contributed by atoms with Gasteiger partial charge in [0.1, 0.15) is 25.2 Å². The Morgan fingerprint density at radius 3 is 1.43 bits per heavy atom. The van der Waals surface area contributed by atoms with Gasteiger partial charge in [-0.1, -0.05) is 46.4 Å². The van der Waals surface area contributed by atoms with Gasteiger partial charge in [-0.05, 0) is 69.9 Å². The number of nitrogens with zero attached hydrogens (tertiary/aromatic N) is 4. The molecular formula is C22H12BBrCl4F6N4O2. The summed E-state index contributed by atoms with van der Waals surface area (Å²) in [5, 5.41) is 17.9. The first-order valence-corrected chi connectivity index (χ1v) is 12.5. The second-order valence-corrected chi connectivity index (χ2v) is 9.58. The SMILES string of the molecule is FC(F)(F)c1ccc(-c2cc(Cl)nc(Cl)c2)nc1.FC(F)(F)c1ccc(Br)nc1.OB(O)c1cc(Cl)nc(Cl)c1. The van der Waals surface area contributed by atoms with Gasteiger partial charge in [-0.25, -0.2) is 15.0 Å². The quantitative estimate of drug-likeness (QED) is 0.128. The van der Waals surface area contributed by atoms with Crippen LogP contribution < -0.4 is 5.46 Å². The maximum absolute atomic E-state index is 12.4. The standard InChI is InChI=1S/C11H5Cl2F3N2.C6H3BrF3N.C5H4BCl2NO2/c12-9-3-6(4-10(13)18-9)8-2-1-7(5-17-8)11(14,15)16;7-5-2-1-4(3-11-5)6(8,9)10;7-4-1-3(6(10)11)2-5(8)9-4/h1-5H;1-3H;1-2,10-11H. The van der Waals surface area contributed by atoms with Crippen LogP contribution in [-0.4, -0.2) is 37.1 Å². The van der Waals surface area contributed by atoms with Gasteiger partial charge in [0, 0.05) is 18.0 Å². The zero-order chi connectivity index (χ0) is 30.3. The van der Waals surface area contributed by atoms with E-state index in [4.69, 9.17) is 56.5 Å². The van der Waals surface area contributed by atoms with Crippen molar-refractivity contribution in [2.45, 2.75) is 12.4 Å². The number of pyridine rings is 4. The minimum atomic E-state index is -4.40. The summed E-state index contributed by atoms with van der Waals surface area (Å²) < 4.78 is 73.1. The van der Waals surface area contributed by atoms with Gasteiger partial charge in [0.25, 0.3) is 0 Å². The van der Waals surface area contributed by atoms with E-state index in [2.05, 4.69) is 35.9 Å². The Morgan fingerprint density at radius 1 is 0.650 bits per heavy atom. The topological polar surface area (TPSA) is 92.0 Å². The predicted octanol–water partition coefficient (Wildman–Crippen LogP) is 7.40. The minimum absolute atomic E-state index is 0.139. The monoisotopic (exact) mass is 708 g/mol. The van der Waals surface area contributed by atoms with Crippen molar-refractivity contribution in [2.24, 2.45) is 0 Å². The highest BCUT2D eigenvalue weighted by Crippen LogP contribution is 2.31. The molecule has 0 spiro atoms. The molecule has 4 aromatic heterocycles. The van der Waals surface area contributed by atoms with E-state index in [9.17, 15) is 26.3 Å². The molecule has 0 atom stereocenters. The van der Waals surface area contributed by atoms with Crippen LogP contribution in [0.2, 0.25) is 20.6 Å². The first-order chi connectivity index (χ1) is 18.5. The van der Waals surface area contributed by atoms with Crippen LogP contribution in [0.15, 0.2) is 65.5 Å². The second kappa shape index (κ2) is 14.6. The molecule has 0 aromatic carbocycles. The molecule has 4 heterocycles. The molecule has 2 N–H and O–H groups in total. The lowest BCUT2D eigenvalue weighted by molar-refractivity contribution is -0.138. The number of rotatable bonds is 2. The van der Waals surface area contributed by atoms with Gasteiger partial charge in [0.2, 0.25) is 0 Å². The molecule has 0 radical (unpaired) electrons. The zero-order valence-electron chi connectivity index (χ0n) is 19.2. The molecule has 0 saturated heterocycles. The molecule has 4 aromatic rings. The lowest BCUT2D eigenvalue weighted by Crippen LogP contribution is -2.29. The molecule has 0 unspecified atom stereocenters. The maximum atomic E-state index is 12.4. The Balaban J connectivity index is 0.000000222. The fourth-order valence-electron chi connectivity index (χ4n) is 2.52. The molecule has 4 rings (SSSR count). The number of hydrogen-bond donors (Lipinski definition) is 2. The molecule has 40 heavy (non-hydrogen) atoms. The van der Waals surface area contributed by atoms with Crippen LogP contribution in [0, 0.1) is 0 Å². The highest BCUT2D eigenvalue weighted by Gasteiger charge is 2.31. The molecule has 6 nitrogen and oxygen atoms in total. The van der Waals surface area contributed by atoms with E-state index in [0.717, 1.165) is 24.5 Å². The van der Waals surface area contributed by atoms with Crippen LogP contribution >= 0.6 is 62.3 Å². The normalized spacial score (nSPS) is 11.1. The lowest BCUT2D eigenvalue weighted by atomic mass is 9.81. The summed E-state index contributed by atoms with van der Waals surface area (Å²) in [4.78, 5) is 14.5. The second-order valence-electron chi connectivity index (χ2n) is 7.22. The molecular weight excluding hydrogens is 699 g/mol. The Bertz CT molecular complexity index is 1380. The Morgan fingerprint density at radius 2 is 1.07 bits per heavy atom. The first-order valence-electron chi connectivity index (χ1n) is 10.2. The highest BCUT2D eigenvalue weighted by atomic mass is 79.9. The van der Waals surface area contributed by atoms with Gasteiger partial charge >= 0.3 is 19.5 Å². The van der Waals surface area contributed by atoms with Crippen molar-refractivity contribution in [3.63, 3.8) is 0 Å². The minimum Gasteiger partial charge on any atom is -0.423 e. The van der Waals surface area contributed by atoms with Crippen LogP contribution in [0.25, 0.3) is 11.3 Å². The van der Waals surface area contributed by atoms with Crippen molar-refractivity contribution in [1.29, 1.82) is 0 Å². The van der Waals surface area contributed by atoms with Crippen molar-refractivity contribution < 1.29 is 36.4 Å². The van der Waals surface area contributed by atoms with Crippen molar-refractivity contribution in [3.8, 4) is 11.3 Å². The molecule has 0 bridgehead atoms. The lowest BCUT2D eigenvalue weighted by Gasteiger charge is -2.07. The average Bonchev–Trinajstić information content (AvgIpc) is 2.83. The van der Waals surface area contributed by atoms with E-state index in [1.165, 1.54) is 36.4 Å². The van der Waals surface area contributed by atoms with E-state index >= 15 is 0 Å². The summed E-state index contributed by atoms with van der Waals surface area (Å²) in [6.07, 6.45) is -7.16. The summed E-state index contributed by atoms with van der Waals surface area (Å²) >= 11 is 25.3. The van der Waals surface area contributed by atoms with Gasteiger partial charge < -0.3 is 10.0 Å². The fourth-order valence-corrected chi connectivity index (χ4v) is 3.69. The molecule has 0 aliphatic carbocycles. The van der Waals surface area contributed by atoms with Gasteiger partial charge in [-0.2, -0.15) is 26.3 Å². The third-order valence-electron chi connectivity index (χ3n) is 4.29. The third kappa shape index (κ3) is 11.4. The maximum Gasteiger partial charge on any atom is 0.488 e. The molecule has 0 aliphatic rings. The van der Waals surface area contributed by atoms with E-state index in [1.54, 1.807) is 0 Å². The predicted molar refractivity (Wildman–Crippen MR) is 144 cm³/mol. The van der Waals surface area contributed by atoms with Crippen LogP contribution in [0.1, 0.15) is 11.1 Å². The van der Waals surface area contributed by atoms with Crippen molar-refractivity contribution in [1.82, 2.24) is 19.9 Å². The smallest absolute Gasteiger partial charge is 0.423 e. The number of hydrogen-bond acceptors (Lipinski definition) is 6. The van der Waals surface area contributed by atoms with E-state index in [1.807, 2.05) is 0 Å². The zero-order valence-corrected chi connectivity index (χ0v) is 23.8. The Kier molecular flexibility index (Phi) is 12.4. The molecule has 0 amide bonds. The van der Waals surface area contributed by atoms with E-state index in [-0.39, 0.29) is 26.1 Å². The van der Waals surface area contributed by atoms with Gasteiger partial charge in [-0.15, -0.1) is 0 Å². The van der Waals surface area contributed by atoms with Crippen molar-refractivity contribution >= 4 is 74.9 Å². The Hall–Kier alpha value is -2.20. The average molecular weight is 711 g/mol. The summed E-state index contributed by atoms with van der Waals surface area (Å²) in [5.74, 6) is 0.